The van der Waals surface area contributed by atoms with E-state index in [1.807, 2.05) is 62.1 Å². The second kappa shape index (κ2) is 8.00. The number of amides is 1. The van der Waals surface area contributed by atoms with Crippen LogP contribution in [0.1, 0.15) is 43.9 Å². The SMILES string of the molecule is CCN(C(=O)CN(C1CC1)C(C)c1ccccc1F)c1ccccc1C. The number of halogens is 1. The molecule has 3 rings (SSSR count). The number of carbonyl (C=O) groups is 1. The zero-order valence-corrected chi connectivity index (χ0v) is 15.8. The first-order chi connectivity index (χ1) is 12.5. The Balaban J connectivity index is 1.80. The molecule has 1 unspecified atom stereocenters. The number of hydrogen-bond donors (Lipinski definition) is 0. The summed E-state index contributed by atoms with van der Waals surface area (Å²) >= 11 is 0. The minimum atomic E-state index is -0.204. The molecule has 0 aromatic heterocycles. The van der Waals surface area contributed by atoms with E-state index in [9.17, 15) is 9.18 Å². The monoisotopic (exact) mass is 354 g/mol. The smallest absolute Gasteiger partial charge is 0.241 e. The average molecular weight is 354 g/mol. The van der Waals surface area contributed by atoms with E-state index < -0.39 is 0 Å². The third-order valence-electron chi connectivity index (χ3n) is 5.21. The minimum absolute atomic E-state index is 0.0666. The maximum absolute atomic E-state index is 14.2. The van der Waals surface area contributed by atoms with E-state index in [0.717, 1.165) is 24.1 Å². The van der Waals surface area contributed by atoms with Crippen molar-refractivity contribution in [2.24, 2.45) is 0 Å². The van der Waals surface area contributed by atoms with E-state index in [2.05, 4.69) is 4.90 Å². The predicted molar refractivity (Wildman–Crippen MR) is 104 cm³/mol. The van der Waals surface area contributed by atoms with E-state index in [-0.39, 0.29) is 17.8 Å². The molecule has 0 aliphatic heterocycles. The van der Waals surface area contributed by atoms with Crippen LogP contribution < -0.4 is 4.90 Å². The largest absolute Gasteiger partial charge is 0.311 e. The molecule has 1 aliphatic carbocycles. The Morgan fingerprint density at radius 1 is 1.15 bits per heavy atom. The van der Waals surface area contributed by atoms with Crippen molar-refractivity contribution in [2.45, 2.75) is 45.7 Å². The molecule has 1 fully saturated rings. The fourth-order valence-corrected chi connectivity index (χ4v) is 3.57. The van der Waals surface area contributed by atoms with Crippen molar-refractivity contribution >= 4 is 11.6 Å². The molecule has 0 saturated heterocycles. The Hall–Kier alpha value is -2.20. The highest BCUT2D eigenvalue weighted by molar-refractivity contribution is 5.95. The number of benzene rings is 2. The van der Waals surface area contributed by atoms with Gasteiger partial charge in [-0.25, -0.2) is 4.39 Å². The molecule has 3 nitrogen and oxygen atoms in total. The first-order valence-corrected chi connectivity index (χ1v) is 9.39. The van der Waals surface area contributed by atoms with Crippen LogP contribution in [0.5, 0.6) is 0 Å². The van der Waals surface area contributed by atoms with Crippen LogP contribution in [0.25, 0.3) is 0 Å². The number of aryl methyl sites for hydroxylation is 1. The lowest BCUT2D eigenvalue weighted by Crippen LogP contribution is -2.42. The Kier molecular flexibility index (Phi) is 5.72. The number of anilines is 1. The van der Waals surface area contributed by atoms with Crippen molar-refractivity contribution in [3.05, 3.63) is 65.5 Å². The maximum Gasteiger partial charge on any atom is 0.241 e. The van der Waals surface area contributed by atoms with E-state index in [0.29, 0.717) is 24.7 Å². The lowest BCUT2D eigenvalue weighted by molar-refractivity contribution is -0.120. The fourth-order valence-electron chi connectivity index (χ4n) is 3.57. The van der Waals surface area contributed by atoms with Crippen molar-refractivity contribution in [3.63, 3.8) is 0 Å². The highest BCUT2D eigenvalue weighted by Crippen LogP contribution is 2.35. The molecular formula is C22H27FN2O. The highest BCUT2D eigenvalue weighted by Gasteiger charge is 2.35. The lowest BCUT2D eigenvalue weighted by Gasteiger charge is -2.32. The summed E-state index contributed by atoms with van der Waals surface area (Å²) in [4.78, 5) is 17.1. The summed E-state index contributed by atoms with van der Waals surface area (Å²) in [5, 5.41) is 0. The summed E-state index contributed by atoms with van der Waals surface area (Å²) in [6.45, 7) is 6.94. The number of carbonyl (C=O) groups excluding carboxylic acids is 1. The standard InChI is InChI=1S/C22H27FN2O/c1-4-24(21-12-8-5-9-16(21)2)22(26)15-25(18-13-14-18)17(3)19-10-6-7-11-20(19)23/h5-12,17-18H,4,13-15H2,1-3H3. The quantitative estimate of drug-likeness (QED) is 0.719. The predicted octanol–water partition coefficient (Wildman–Crippen LogP) is 4.71. The van der Waals surface area contributed by atoms with Gasteiger partial charge in [-0.1, -0.05) is 36.4 Å². The third-order valence-corrected chi connectivity index (χ3v) is 5.21. The van der Waals surface area contributed by atoms with Gasteiger partial charge in [0.05, 0.1) is 6.54 Å². The second-order valence-corrected chi connectivity index (χ2v) is 7.03. The molecule has 1 amide bonds. The fraction of sp³-hybridized carbons (Fsp3) is 0.409. The summed E-state index contributed by atoms with van der Waals surface area (Å²) in [5.41, 5.74) is 2.70. The summed E-state index contributed by atoms with van der Waals surface area (Å²) in [6, 6.07) is 15.1. The third kappa shape index (κ3) is 3.96. The van der Waals surface area contributed by atoms with Gasteiger partial charge in [0.15, 0.2) is 0 Å². The minimum Gasteiger partial charge on any atom is -0.311 e. The Bertz CT molecular complexity index is 772. The van der Waals surface area contributed by atoms with Crippen molar-refractivity contribution in [2.75, 3.05) is 18.0 Å². The first-order valence-electron chi connectivity index (χ1n) is 9.39. The Morgan fingerprint density at radius 3 is 2.42 bits per heavy atom. The van der Waals surface area contributed by atoms with E-state index >= 15 is 0 Å². The van der Waals surface area contributed by atoms with Crippen LogP contribution in [-0.2, 0) is 4.79 Å². The average Bonchev–Trinajstić information content (AvgIpc) is 3.47. The number of para-hydroxylation sites is 1. The van der Waals surface area contributed by atoms with Gasteiger partial charge in [0, 0.05) is 29.9 Å². The molecule has 138 valence electrons. The van der Waals surface area contributed by atoms with Gasteiger partial charge >= 0.3 is 0 Å². The normalized spacial score (nSPS) is 15.1. The van der Waals surface area contributed by atoms with Gasteiger partial charge in [-0.3, -0.25) is 9.69 Å². The van der Waals surface area contributed by atoms with Gasteiger partial charge in [0.1, 0.15) is 5.82 Å². The van der Waals surface area contributed by atoms with E-state index in [4.69, 9.17) is 0 Å². The van der Waals surface area contributed by atoms with Crippen LogP contribution in [-0.4, -0.2) is 29.9 Å². The Labute approximate surface area is 155 Å². The maximum atomic E-state index is 14.2. The number of nitrogens with zero attached hydrogens (tertiary/aromatic N) is 2. The number of hydrogen-bond acceptors (Lipinski definition) is 2. The van der Waals surface area contributed by atoms with Crippen molar-refractivity contribution < 1.29 is 9.18 Å². The number of likely N-dealkylation sites (N-methyl/N-ethyl adjacent to an activating group) is 1. The Morgan fingerprint density at radius 2 is 1.81 bits per heavy atom. The van der Waals surface area contributed by atoms with Crippen LogP contribution in [0.3, 0.4) is 0 Å². The molecule has 4 heteroatoms. The molecule has 1 aliphatic rings. The summed E-state index contributed by atoms with van der Waals surface area (Å²) in [7, 11) is 0. The molecule has 2 aromatic rings. The molecule has 0 heterocycles. The van der Waals surface area contributed by atoms with Crippen molar-refractivity contribution in [1.82, 2.24) is 4.90 Å². The molecule has 2 aromatic carbocycles. The van der Waals surface area contributed by atoms with E-state index in [1.165, 1.54) is 6.07 Å². The summed E-state index contributed by atoms with van der Waals surface area (Å²) in [6.07, 6.45) is 2.14. The number of rotatable bonds is 7. The van der Waals surface area contributed by atoms with Crippen LogP contribution >= 0.6 is 0 Å². The van der Waals surface area contributed by atoms with Crippen LogP contribution in [0.4, 0.5) is 10.1 Å². The second-order valence-electron chi connectivity index (χ2n) is 7.03. The van der Waals surface area contributed by atoms with Crippen LogP contribution in [0.2, 0.25) is 0 Å². The van der Waals surface area contributed by atoms with Gasteiger partial charge in [-0.15, -0.1) is 0 Å². The first kappa shape index (κ1) is 18.6. The highest BCUT2D eigenvalue weighted by atomic mass is 19.1. The molecular weight excluding hydrogens is 327 g/mol. The van der Waals surface area contributed by atoms with Gasteiger partial charge < -0.3 is 4.90 Å². The molecule has 26 heavy (non-hydrogen) atoms. The molecule has 1 atom stereocenters. The van der Waals surface area contributed by atoms with Crippen LogP contribution in [0.15, 0.2) is 48.5 Å². The molecule has 0 spiro atoms. The molecule has 0 radical (unpaired) electrons. The van der Waals surface area contributed by atoms with E-state index in [1.54, 1.807) is 6.07 Å². The van der Waals surface area contributed by atoms with Crippen molar-refractivity contribution in [1.29, 1.82) is 0 Å². The summed E-state index contributed by atoms with van der Waals surface area (Å²) < 4.78 is 14.2. The zero-order valence-electron chi connectivity index (χ0n) is 15.8. The molecule has 0 N–H and O–H groups in total. The molecule has 0 bridgehead atoms. The lowest BCUT2D eigenvalue weighted by atomic mass is 10.1. The van der Waals surface area contributed by atoms with Crippen LogP contribution in [0, 0.1) is 12.7 Å². The van der Waals surface area contributed by atoms with Gasteiger partial charge in [0.25, 0.3) is 0 Å². The van der Waals surface area contributed by atoms with Crippen molar-refractivity contribution in [3.8, 4) is 0 Å². The summed E-state index contributed by atoms with van der Waals surface area (Å²) in [5.74, 6) is -0.138. The topological polar surface area (TPSA) is 23.6 Å². The van der Waals surface area contributed by atoms with Gasteiger partial charge in [-0.2, -0.15) is 0 Å². The zero-order chi connectivity index (χ0) is 18.7. The van der Waals surface area contributed by atoms with Gasteiger partial charge in [-0.05, 0) is 51.3 Å². The molecule has 1 saturated carbocycles. The van der Waals surface area contributed by atoms with Gasteiger partial charge in [0.2, 0.25) is 5.91 Å².